The average Bonchev–Trinajstić information content (AvgIpc) is 2.21. The van der Waals surface area contributed by atoms with Crippen molar-refractivity contribution in [2.24, 2.45) is 5.41 Å². The second kappa shape index (κ2) is 6.36. The predicted molar refractivity (Wildman–Crippen MR) is 58.7 cm³/mol. The van der Waals surface area contributed by atoms with Crippen LogP contribution in [0.1, 0.15) is 26.7 Å². The van der Waals surface area contributed by atoms with E-state index in [-0.39, 0.29) is 5.75 Å². The van der Waals surface area contributed by atoms with Gasteiger partial charge in [-0.1, -0.05) is 13.8 Å². The standard InChI is InChI=1S/C10H16F6OS/c1-3-8(4-2,6-18)5-17-7(9(11,12)13)10(14,15)16/h7,18H,3-6H2,1-2H3. The van der Waals surface area contributed by atoms with Gasteiger partial charge in [0.2, 0.25) is 6.10 Å². The van der Waals surface area contributed by atoms with Gasteiger partial charge in [-0.05, 0) is 18.6 Å². The van der Waals surface area contributed by atoms with Crippen molar-refractivity contribution in [1.82, 2.24) is 0 Å². The molecular formula is C10H16F6OS. The highest BCUT2D eigenvalue weighted by Gasteiger charge is 2.58. The number of alkyl halides is 6. The Bertz CT molecular complexity index is 223. The van der Waals surface area contributed by atoms with Crippen LogP contribution in [0.5, 0.6) is 0 Å². The fraction of sp³-hybridized carbons (Fsp3) is 1.00. The van der Waals surface area contributed by atoms with Crippen LogP contribution in [0.15, 0.2) is 0 Å². The Hall–Kier alpha value is -0.110. The van der Waals surface area contributed by atoms with Crippen molar-refractivity contribution in [2.45, 2.75) is 45.1 Å². The molecular weight excluding hydrogens is 282 g/mol. The van der Waals surface area contributed by atoms with E-state index in [4.69, 9.17) is 0 Å². The molecule has 0 bridgehead atoms. The lowest BCUT2D eigenvalue weighted by Gasteiger charge is -2.32. The molecule has 0 aliphatic rings. The quantitative estimate of drug-likeness (QED) is 0.570. The van der Waals surface area contributed by atoms with E-state index in [1.807, 2.05) is 0 Å². The number of rotatable bonds is 6. The molecule has 18 heavy (non-hydrogen) atoms. The largest absolute Gasteiger partial charge is 0.423 e. The van der Waals surface area contributed by atoms with Gasteiger partial charge in [0.25, 0.3) is 0 Å². The first kappa shape index (κ1) is 17.9. The molecule has 0 rings (SSSR count). The molecule has 0 radical (unpaired) electrons. The molecule has 0 aromatic heterocycles. The predicted octanol–water partition coefficient (Wildman–Crippen LogP) is 4.23. The zero-order valence-corrected chi connectivity index (χ0v) is 10.9. The van der Waals surface area contributed by atoms with Crippen LogP contribution in [0.3, 0.4) is 0 Å². The third kappa shape index (κ3) is 4.87. The van der Waals surface area contributed by atoms with Crippen LogP contribution in [0, 0.1) is 5.41 Å². The third-order valence-corrected chi connectivity index (χ3v) is 3.66. The fourth-order valence-corrected chi connectivity index (χ4v) is 1.90. The minimum atomic E-state index is -5.46. The van der Waals surface area contributed by atoms with Crippen molar-refractivity contribution in [3.63, 3.8) is 0 Å². The summed E-state index contributed by atoms with van der Waals surface area (Å²) < 4.78 is 77.5. The Morgan fingerprint density at radius 3 is 1.56 bits per heavy atom. The van der Waals surface area contributed by atoms with E-state index in [1.165, 1.54) is 0 Å². The normalized spacial score (nSPS) is 14.3. The summed E-state index contributed by atoms with van der Waals surface area (Å²) in [6.07, 6.45) is -13.8. The van der Waals surface area contributed by atoms with E-state index in [9.17, 15) is 26.3 Å². The summed E-state index contributed by atoms with van der Waals surface area (Å²) in [5.74, 6) is 0.169. The van der Waals surface area contributed by atoms with E-state index in [0.717, 1.165) is 0 Å². The average molecular weight is 298 g/mol. The number of hydrogen-bond acceptors (Lipinski definition) is 2. The van der Waals surface area contributed by atoms with Gasteiger partial charge in [-0.2, -0.15) is 39.0 Å². The van der Waals surface area contributed by atoms with Crippen molar-refractivity contribution in [3.05, 3.63) is 0 Å². The van der Waals surface area contributed by atoms with Crippen LogP contribution >= 0.6 is 12.6 Å². The maximum atomic E-state index is 12.2. The van der Waals surface area contributed by atoms with E-state index in [1.54, 1.807) is 13.8 Å². The van der Waals surface area contributed by atoms with Crippen LogP contribution in [-0.4, -0.2) is 30.8 Å². The lowest BCUT2D eigenvalue weighted by atomic mass is 9.85. The van der Waals surface area contributed by atoms with E-state index >= 15 is 0 Å². The summed E-state index contributed by atoms with van der Waals surface area (Å²) >= 11 is 3.97. The number of thiol groups is 1. The molecule has 0 aromatic rings. The van der Waals surface area contributed by atoms with Crippen LogP contribution in [0.25, 0.3) is 0 Å². The zero-order valence-electron chi connectivity index (χ0n) is 10.0. The minimum Gasteiger partial charge on any atom is -0.360 e. The molecule has 0 spiro atoms. The van der Waals surface area contributed by atoms with Crippen LogP contribution in [0.2, 0.25) is 0 Å². The second-order valence-corrected chi connectivity index (χ2v) is 4.46. The first-order valence-corrected chi connectivity index (χ1v) is 6.01. The number of ether oxygens (including phenoxy) is 1. The summed E-state index contributed by atoms with van der Waals surface area (Å²) in [4.78, 5) is 0. The Morgan fingerprint density at radius 2 is 1.33 bits per heavy atom. The van der Waals surface area contributed by atoms with E-state index in [2.05, 4.69) is 17.4 Å². The van der Waals surface area contributed by atoms with Gasteiger partial charge >= 0.3 is 12.4 Å². The first-order chi connectivity index (χ1) is 8.02. The van der Waals surface area contributed by atoms with Crippen molar-refractivity contribution in [3.8, 4) is 0 Å². The SMILES string of the molecule is CCC(CC)(CS)COC(C(F)(F)F)C(F)(F)F. The molecule has 1 nitrogen and oxygen atoms in total. The van der Waals surface area contributed by atoms with Gasteiger partial charge in [0.1, 0.15) is 0 Å². The highest BCUT2D eigenvalue weighted by Crippen LogP contribution is 2.38. The zero-order chi connectivity index (χ0) is 14.6. The van der Waals surface area contributed by atoms with E-state index in [0.29, 0.717) is 12.8 Å². The molecule has 0 atom stereocenters. The van der Waals surface area contributed by atoms with Gasteiger partial charge in [0.05, 0.1) is 6.61 Å². The van der Waals surface area contributed by atoms with Crippen LogP contribution in [-0.2, 0) is 4.74 Å². The minimum absolute atomic E-state index is 0.169. The summed E-state index contributed by atoms with van der Waals surface area (Å²) in [5, 5.41) is 0. The molecule has 110 valence electrons. The number of hydrogen-bond donors (Lipinski definition) is 1. The summed E-state index contributed by atoms with van der Waals surface area (Å²) in [6.45, 7) is 2.74. The maximum absolute atomic E-state index is 12.2. The van der Waals surface area contributed by atoms with Crippen LogP contribution < -0.4 is 0 Å². The lowest BCUT2D eigenvalue weighted by molar-refractivity contribution is -0.325. The molecule has 0 unspecified atom stereocenters. The van der Waals surface area contributed by atoms with Gasteiger partial charge in [0.15, 0.2) is 0 Å². The Balaban J connectivity index is 4.83. The Labute approximate surface area is 107 Å². The summed E-state index contributed by atoms with van der Waals surface area (Å²) in [6, 6.07) is 0. The first-order valence-electron chi connectivity index (χ1n) is 5.38. The highest BCUT2D eigenvalue weighted by atomic mass is 32.1. The topological polar surface area (TPSA) is 9.23 Å². The molecule has 0 saturated heterocycles. The lowest BCUT2D eigenvalue weighted by Crippen LogP contribution is -2.46. The summed E-state index contributed by atoms with van der Waals surface area (Å²) in [5.41, 5.74) is -0.766. The summed E-state index contributed by atoms with van der Waals surface area (Å²) in [7, 11) is 0. The van der Waals surface area contributed by atoms with Gasteiger partial charge in [-0.3, -0.25) is 0 Å². The molecule has 0 aliphatic heterocycles. The molecule has 0 amide bonds. The molecule has 0 aliphatic carbocycles. The maximum Gasteiger partial charge on any atom is 0.423 e. The highest BCUT2D eigenvalue weighted by molar-refractivity contribution is 7.80. The Morgan fingerprint density at radius 1 is 0.944 bits per heavy atom. The van der Waals surface area contributed by atoms with Crippen molar-refractivity contribution < 1.29 is 31.1 Å². The smallest absolute Gasteiger partial charge is 0.360 e. The van der Waals surface area contributed by atoms with Gasteiger partial charge in [-0.15, -0.1) is 0 Å². The van der Waals surface area contributed by atoms with Crippen molar-refractivity contribution in [2.75, 3.05) is 12.4 Å². The van der Waals surface area contributed by atoms with Gasteiger partial charge in [-0.25, -0.2) is 0 Å². The molecule has 0 N–H and O–H groups in total. The van der Waals surface area contributed by atoms with E-state index < -0.39 is 30.5 Å². The third-order valence-electron chi connectivity index (χ3n) is 2.99. The molecule has 0 aromatic carbocycles. The second-order valence-electron chi connectivity index (χ2n) is 4.14. The van der Waals surface area contributed by atoms with Crippen LogP contribution in [0.4, 0.5) is 26.3 Å². The van der Waals surface area contributed by atoms with Crippen molar-refractivity contribution in [1.29, 1.82) is 0 Å². The monoisotopic (exact) mass is 298 g/mol. The molecule has 8 heteroatoms. The fourth-order valence-electron chi connectivity index (χ4n) is 1.36. The number of halogens is 6. The molecule has 0 fully saturated rings. The Kier molecular flexibility index (Phi) is 6.32. The molecule has 0 saturated carbocycles. The van der Waals surface area contributed by atoms with Crippen molar-refractivity contribution >= 4 is 12.6 Å². The van der Waals surface area contributed by atoms with Gasteiger partial charge < -0.3 is 4.74 Å². The van der Waals surface area contributed by atoms with Gasteiger partial charge in [0, 0.05) is 5.41 Å². The molecule has 0 heterocycles.